The minimum Gasteiger partial charge on any atom is -0.371 e. The van der Waals surface area contributed by atoms with Crippen molar-refractivity contribution < 1.29 is 4.39 Å². The lowest BCUT2D eigenvalue weighted by Gasteiger charge is -2.28. The van der Waals surface area contributed by atoms with Gasteiger partial charge in [0.2, 0.25) is 0 Å². The fourth-order valence-electron chi connectivity index (χ4n) is 2.21. The van der Waals surface area contributed by atoms with Crippen molar-refractivity contribution in [1.82, 2.24) is 5.32 Å². The summed E-state index contributed by atoms with van der Waals surface area (Å²) in [7, 11) is 1.91. The van der Waals surface area contributed by atoms with Crippen LogP contribution in [-0.4, -0.2) is 20.1 Å². The average molecular weight is 252 g/mol. The third-order valence-electron chi connectivity index (χ3n) is 3.22. The summed E-state index contributed by atoms with van der Waals surface area (Å²) in [5.41, 5.74) is 2.20. The summed E-state index contributed by atoms with van der Waals surface area (Å²) >= 11 is 0. The number of anilines is 1. The maximum Gasteiger partial charge on any atom is 0.123 e. The van der Waals surface area contributed by atoms with E-state index in [4.69, 9.17) is 0 Å². The Kier molecular flexibility index (Phi) is 6.13. The lowest BCUT2D eigenvalue weighted by atomic mass is 10.0. The van der Waals surface area contributed by atoms with Crippen LogP contribution >= 0.6 is 0 Å². The first kappa shape index (κ1) is 15.0. The first-order valence-corrected chi connectivity index (χ1v) is 6.85. The van der Waals surface area contributed by atoms with E-state index < -0.39 is 0 Å². The number of benzene rings is 1. The second-order valence-electron chi connectivity index (χ2n) is 4.70. The summed E-state index contributed by atoms with van der Waals surface area (Å²) < 4.78 is 13.4. The lowest BCUT2D eigenvalue weighted by Crippen LogP contribution is -2.27. The summed E-state index contributed by atoms with van der Waals surface area (Å²) in [6.07, 6.45) is 2.20. The molecule has 1 N–H and O–H groups in total. The number of nitrogens with one attached hydrogen (secondary N) is 1. The van der Waals surface area contributed by atoms with Gasteiger partial charge in [0.15, 0.2) is 0 Å². The van der Waals surface area contributed by atoms with Crippen molar-refractivity contribution in [3.05, 3.63) is 29.6 Å². The highest BCUT2D eigenvalue weighted by molar-refractivity contribution is 5.55. The van der Waals surface area contributed by atoms with Gasteiger partial charge < -0.3 is 10.2 Å². The normalized spacial score (nSPS) is 12.5. The van der Waals surface area contributed by atoms with Gasteiger partial charge in [-0.25, -0.2) is 4.39 Å². The van der Waals surface area contributed by atoms with E-state index in [0.29, 0.717) is 0 Å². The zero-order chi connectivity index (χ0) is 13.5. The molecule has 0 heterocycles. The van der Waals surface area contributed by atoms with Crippen LogP contribution in [-0.2, 0) is 0 Å². The summed E-state index contributed by atoms with van der Waals surface area (Å²) in [4.78, 5) is 2.35. The molecule has 1 aromatic carbocycles. The molecule has 18 heavy (non-hydrogen) atoms. The largest absolute Gasteiger partial charge is 0.371 e. The van der Waals surface area contributed by atoms with Crippen molar-refractivity contribution >= 4 is 5.69 Å². The lowest BCUT2D eigenvalue weighted by molar-refractivity contribution is 0.605. The minimum absolute atomic E-state index is 0.159. The van der Waals surface area contributed by atoms with Gasteiger partial charge >= 0.3 is 0 Å². The van der Waals surface area contributed by atoms with Crippen LogP contribution in [0.1, 0.15) is 45.2 Å². The van der Waals surface area contributed by atoms with Crippen molar-refractivity contribution in [1.29, 1.82) is 0 Å². The van der Waals surface area contributed by atoms with E-state index in [0.717, 1.165) is 37.2 Å². The topological polar surface area (TPSA) is 15.3 Å². The van der Waals surface area contributed by atoms with Crippen LogP contribution in [0.2, 0.25) is 0 Å². The van der Waals surface area contributed by atoms with E-state index in [1.807, 2.05) is 13.1 Å². The number of hydrogen-bond donors (Lipinski definition) is 1. The molecule has 1 rings (SSSR count). The standard InChI is InChI=1S/C15H25FN2/c1-5-9-18(10-6-2)15-8-7-13(16)11-14(15)12(3)17-4/h7-8,11-12,17H,5-6,9-10H2,1-4H3. The maximum atomic E-state index is 13.4. The third kappa shape index (κ3) is 3.70. The number of rotatable bonds is 7. The SMILES string of the molecule is CCCN(CCC)c1ccc(F)cc1C(C)NC. The molecular formula is C15H25FN2. The van der Waals surface area contributed by atoms with E-state index >= 15 is 0 Å². The summed E-state index contributed by atoms with van der Waals surface area (Å²) in [6.45, 7) is 8.45. The van der Waals surface area contributed by atoms with Crippen LogP contribution in [0.25, 0.3) is 0 Å². The second-order valence-corrected chi connectivity index (χ2v) is 4.70. The molecule has 0 aliphatic heterocycles. The smallest absolute Gasteiger partial charge is 0.123 e. The molecule has 0 radical (unpaired) electrons. The van der Waals surface area contributed by atoms with Crippen LogP contribution in [0, 0.1) is 5.82 Å². The van der Waals surface area contributed by atoms with Crippen molar-refractivity contribution in [2.75, 3.05) is 25.0 Å². The van der Waals surface area contributed by atoms with Crippen molar-refractivity contribution in [2.45, 2.75) is 39.7 Å². The van der Waals surface area contributed by atoms with Crippen molar-refractivity contribution in [3.8, 4) is 0 Å². The van der Waals surface area contributed by atoms with E-state index in [9.17, 15) is 4.39 Å². The van der Waals surface area contributed by atoms with Crippen molar-refractivity contribution in [2.24, 2.45) is 0 Å². The van der Waals surface area contributed by atoms with Gasteiger partial charge in [-0.05, 0) is 50.6 Å². The Morgan fingerprint density at radius 1 is 1.22 bits per heavy atom. The molecular weight excluding hydrogens is 227 g/mol. The van der Waals surface area contributed by atoms with Gasteiger partial charge in [-0.2, -0.15) is 0 Å². The molecule has 1 unspecified atom stereocenters. The van der Waals surface area contributed by atoms with Gasteiger partial charge in [-0.15, -0.1) is 0 Å². The number of hydrogen-bond acceptors (Lipinski definition) is 2. The molecule has 0 amide bonds. The molecule has 102 valence electrons. The molecule has 1 atom stereocenters. The van der Waals surface area contributed by atoms with Crippen LogP contribution in [0.15, 0.2) is 18.2 Å². The fourth-order valence-corrected chi connectivity index (χ4v) is 2.21. The summed E-state index contributed by atoms with van der Waals surface area (Å²) in [5.74, 6) is -0.163. The van der Waals surface area contributed by atoms with Gasteiger partial charge in [0.05, 0.1) is 0 Å². The highest BCUT2D eigenvalue weighted by Gasteiger charge is 2.14. The summed E-state index contributed by atoms with van der Waals surface area (Å²) in [5, 5.41) is 3.19. The quantitative estimate of drug-likeness (QED) is 0.795. The van der Waals surface area contributed by atoms with E-state index in [-0.39, 0.29) is 11.9 Å². The third-order valence-corrected chi connectivity index (χ3v) is 3.22. The van der Waals surface area contributed by atoms with E-state index in [1.54, 1.807) is 12.1 Å². The number of halogens is 1. The van der Waals surface area contributed by atoms with Crippen molar-refractivity contribution in [3.63, 3.8) is 0 Å². The molecule has 2 nitrogen and oxygen atoms in total. The van der Waals surface area contributed by atoms with Gasteiger partial charge in [0, 0.05) is 24.8 Å². The Balaban J connectivity index is 3.10. The second kappa shape index (κ2) is 7.37. The predicted molar refractivity (Wildman–Crippen MR) is 76.7 cm³/mol. The van der Waals surface area contributed by atoms with Crippen LogP contribution < -0.4 is 10.2 Å². The van der Waals surface area contributed by atoms with Crippen LogP contribution in [0.5, 0.6) is 0 Å². The first-order valence-electron chi connectivity index (χ1n) is 6.85. The Bertz CT molecular complexity index is 360. The Morgan fingerprint density at radius 3 is 2.33 bits per heavy atom. The van der Waals surface area contributed by atoms with Gasteiger partial charge in [-0.3, -0.25) is 0 Å². The molecule has 0 fully saturated rings. The van der Waals surface area contributed by atoms with E-state index in [1.165, 1.54) is 0 Å². The highest BCUT2D eigenvalue weighted by Crippen LogP contribution is 2.27. The molecule has 0 aromatic heterocycles. The van der Waals surface area contributed by atoms with Crippen LogP contribution in [0.4, 0.5) is 10.1 Å². The summed E-state index contributed by atoms with van der Waals surface area (Å²) in [6, 6.07) is 5.27. The molecule has 1 aromatic rings. The van der Waals surface area contributed by atoms with Gasteiger partial charge in [0.25, 0.3) is 0 Å². The zero-order valence-corrected chi connectivity index (χ0v) is 12.0. The minimum atomic E-state index is -0.163. The zero-order valence-electron chi connectivity index (χ0n) is 12.0. The molecule has 0 aliphatic rings. The van der Waals surface area contributed by atoms with Gasteiger partial charge in [-0.1, -0.05) is 13.8 Å². The molecule has 0 spiro atoms. The molecule has 3 heteroatoms. The predicted octanol–water partition coefficient (Wildman–Crippen LogP) is 3.73. The monoisotopic (exact) mass is 252 g/mol. The average Bonchev–Trinajstić information content (AvgIpc) is 2.37. The molecule has 0 bridgehead atoms. The van der Waals surface area contributed by atoms with Crippen LogP contribution in [0.3, 0.4) is 0 Å². The van der Waals surface area contributed by atoms with Gasteiger partial charge in [0.1, 0.15) is 5.82 Å². The highest BCUT2D eigenvalue weighted by atomic mass is 19.1. The molecule has 0 saturated heterocycles. The fraction of sp³-hybridized carbons (Fsp3) is 0.600. The molecule has 0 aliphatic carbocycles. The number of nitrogens with zero attached hydrogens (tertiary/aromatic N) is 1. The Morgan fingerprint density at radius 2 is 1.83 bits per heavy atom. The Labute approximate surface area is 110 Å². The first-order chi connectivity index (χ1) is 8.63. The Hall–Kier alpha value is -1.09. The molecule has 0 saturated carbocycles. The maximum absolute atomic E-state index is 13.4. The van der Waals surface area contributed by atoms with E-state index in [2.05, 4.69) is 31.0 Å².